The maximum atomic E-state index is 6.29. The van der Waals surface area contributed by atoms with E-state index in [1.165, 1.54) is 16.8 Å². The third-order valence-electron chi connectivity index (χ3n) is 3.78. The largest absolute Gasteiger partial charge is 0.372 e. The molecule has 1 atom stereocenters. The molecule has 0 saturated heterocycles. The molecule has 0 fully saturated rings. The van der Waals surface area contributed by atoms with Crippen molar-refractivity contribution < 1.29 is 0 Å². The van der Waals surface area contributed by atoms with Gasteiger partial charge in [0.05, 0.1) is 0 Å². The summed E-state index contributed by atoms with van der Waals surface area (Å²) in [6.45, 7) is 6.35. The first kappa shape index (κ1) is 14.6. The lowest BCUT2D eigenvalue weighted by Gasteiger charge is -2.26. The molecule has 2 aromatic carbocycles. The number of aryl methyl sites for hydroxylation is 1. The minimum Gasteiger partial charge on any atom is -0.372 e. The Kier molecular flexibility index (Phi) is 5.19. The van der Waals surface area contributed by atoms with Gasteiger partial charge in [0, 0.05) is 24.8 Å². The van der Waals surface area contributed by atoms with Crippen LogP contribution >= 0.6 is 0 Å². The fourth-order valence-corrected chi connectivity index (χ4v) is 2.53. The number of rotatable bonds is 6. The molecule has 20 heavy (non-hydrogen) atoms. The summed E-state index contributed by atoms with van der Waals surface area (Å²) in [6, 6.07) is 19.0. The number of benzene rings is 2. The van der Waals surface area contributed by atoms with Gasteiger partial charge in [0.25, 0.3) is 0 Å². The second kappa shape index (κ2) is 7.11. The Morgan fingerprint density at radius 1 is 1.00 bits per heavy atom. The lowest BCUT2D eigenvalue weighted by molar-refractivity contribution is 0.631. The van der Waals surface area contributed by atoms with Crippen molar-refractivity contribution in [3.8, 4) is 0 Å². The quantitative estimate of drug-likeness (QED) is 0.860. The topological polar surface area (TPSA) is 29.3 Å². The molecule has 0 heterocycles. The molecule has 2 heteroatoms. The Morgan fingerprint density at radius 2 is 1.65 bits per heavy atom. The van der Waals surface area contributed by atoms with Crippen LogP contribution in [0.5, 0.6) is 0 Å². The summed E-state index contributed by atoms with van der Waals surface area (Å²) in [7, 11) is 0. The van der Waals surface area contributed by atoms with E-state index in [0.29, 0.717) is 0 Å². The fraction of sp³-hybridized carbons (Fsp3) is 0.333. The Hall–Kier alpha value is -1.80. The van der Waals surface area contributed by atoms with Gasteiger partial charge in [-0.2, -0.15) is 0 Å². The lowest BCUT2D eigenvalue weighted by Crippen LogP contribution is -2.27. The average molecular weight is 268 g/mol. The predicted octanol–water partition coefficient (Wildman–Crippen LogP) is 3.91. The van der Waals surface area contributed by atoms with Crippen molar-refractivity contribution >= 4 is 5.69 Å². The number of hydrogen-bond acceptors (Lipinski definition) is 2. The summed E-state index contributed by atoms with van der Waals surface area (Å²) in [5.41, 5.74) is 10.1. The maximum Gasteiger partial charge on any atom is 0.0395 e. The van der Waals surface area contributed by atoms with Crippen LogP contribution in [0.4, 0.5) is 5.69 Å². The van der Waals surface area contributed by atoms with Gasteiger partial charge in [-0.05, 0) is 37.5 Å². The van der Waals surface area contributed by atoms with E-state index in [1.54, 1.807) is 0 Å². The molecule has 0 bridgehead atoms. The molecule has 2 rings (SSSR count). The Bertz CT molecular complexity index is 522. The van der Waals surface area contributed by atoms with Gasteiger partial charge >= 0.3 is 0 Å². The highest BCUT2D eigenvalue weighted by Crippen LogP contribution is 2.21. The van der Waals surface area contributed by atoms with Crippen LogP contribution in [0, 0.1) is 6.92 Å². The number of nitrogens with two attached hydrogens (primary N) is 1. The fourth-order valence-electron chi connectivity index (χ4n) is 2.53. The number of hydrogen-bond donors (Lipinski definition) is 1. The van der Waals surface area contributed by atoms with E-state index in [-0.39, 0.29) is 6.04 Å². The minimum absolute atomic E-state index is 0.106. The van der Waals surface area contributed by atoms with Crippen LogP contribution in [-0.2, 0) is 0 Å². The van der Waals surface area contributed by atoms with Gasteiger partial charge in [-0.15, -0.1) is 0 Å². The molecule has 0 aromatic heterocycles. The molecule has 0 spiro atoms. The molecule has 2 nitrogen and oxygen atoms in total. The van der Waals surface area contributed by atoms with Crippen molar-refractivity contribution in [2.45, 2.75) is 26.3 Å². The maximum absolute atomic E-state index is 6.29. The van der Waals surface area contributed by atoms with E-state index >= 15 is 0 Å². The molecule has 1 unspecified atom stereocenters. The minimum atomic E-state index is 0.106. The van der Waals surface area contributed by atoms with Crippen LogP contribution in [0.2, 0.25) is 0 Å². The van der Waals surface area contributed by atoms with E-state index in [1.807, 2.05) is 18.2 Å². The SMILES string of the molecule is CCN(CCC(N)c1ccccc1)c1ccccc1C. The normalized spacial score (nSPS) is 12.2. The summed E-state index contributed by atoms with van der Waals surface area (Å²) in [5, 5.41) is 0. The molecule has 2 aromatic rings. The van der Waals surface area contributed by atoms with Gasteiger partial charge in [-0.3, -0.25) is 0 Å². The van der Waals surface area contributed by atoms with Crippen molar-refractivity contribution in [3.05, 3.63) is 65.7 Å². The Labute approximate surface area is 122 Å². The molecular formula is C18H24N2. The standard InChI is InChI=1S/C18H24N2/c1-3-20(18-12-8-7-9-15(18)2)14-13-17(19)16-10-5-4-6-11-16/h4-12,17H,3,13-14,19H2,1-2H3. The third kappa shape index (κ3) is 3.61. The molecular weight excluding hydrogens is 244 g/mol. The van der Waals surface area contributed by atoms with Crippen LogP contribution in [-0.4, -0.2) is 13.1 Å². The molecule has 106 valence electrons. The summed E-state index contributed by atoms with van der Waals surface area (Å²) >= 11 is 0. The predicted molar refractivity (Wildman–Crippen MR) is 87.1 cm³/mol. The Balaban J connectivity index is 2.00. The van der Waals surface area contributed by atoms with E-state index in [9.17, 15) is 0 Å². The zero-order chi connectivity index (χ0) is 14.4. The number of para-hydroxylation sites is 1. The highest BCUT2D eigenvalue weighted by atomic mass is 15.1. The van der Waals surface area contributed by atoms with Crippen LogP contribution in [0.1, 0.15) is 30.5 Å². The third-order valence-corrected chi connectivity index (χ3v) is 3.78. The van der Waals surface area contributed by atoms with Crippen LogP contribution in [0.15, 0.2) is 54.6 Å². The van der Waals surface area contributed by atoms with Crippen molar-refractivity contribution in [2.24, 2.45) is 5.73 Å². The summed E-state index contributed by atoms with van der Waals surface area (Å²) in [5.74, 6) is 0. The van der Waals surface area contributed by atoms with Crippen molar-refractivity contribution in [3.63, 3.8) is 0 Å². The van der Waals surface area contributed by atoms with E-state index in [0.717, 1.165) is 19.5 Å². The first-order valence-electron chi connectivity index (χ1n) is 7.33. The van der Waals surface area contributed by atoms with Crippen molar-refractivity contribution in [1.29, 1.82) is 0 Å². The Morgan fingerprint density at radius 3 is 2.30 bits per heavy atom. The van der Waals surface area contributed by atoms with Gasteiger partial charge in [0.15, 0.2) is 0 Å². The van der Waals surface area contributed by atoms with Crippen molar-refractivity contribution in [2.75, 3.05) is 18.0 Å². The molecule has 0 amide bonds. The summed E-state index contributed by atoms with van der Waals surface area (Å²) in [4.78, 5) is 2.40. The van der Waals surface area contributed by atoms with Gasteiger partial charge in [0.2, 0.25) is 0 Å². The smallest absolute Gasteiger partial charge is 0.0395 e. The highest BCUT2D eigenvalue weighted by molar-refractivity contribution is 5.52. The average Bonchev–Trinajstić information content (AvgIpc) is 2.50. The zero-order valence-electron chi connectivity index (χ0n) is 12.4. The molecule has 0 aliphatic heterocycles. The monoisotopic (exact) mass is 268 g/mol. The first-order valence-corrected chi connectivity index (χ1v) is 7.33. The van der Waals surface area contributed by atoms with Gasteiger partial charge in [0.1, 0.15) is 0 Å². The van der Waals surface area contributed by atoms with Crippen molar-refractivity contribution in [1.82, 2.24) is 0 Å². The summed E-state index contributed by atoms with van der Waals surface area (Å²) in [6.07, 6.45) is 0.964. The molecule has 2 N–H and O–H groups in total. The molecule has 0 saturated carbocycles. The lowest BCUT2D eigenvalue weighted by atomic mass is 10.0. The highest BCUT2D eigenvalue weighted by Gasteiger charge is 2.10. The first-order chi connectivity index (χ1) is 9.72. The van der Waals surface area contributed by atoms with E-state index < -0.39 is 0 Å². The van der Waals surface area contributed by atoms with Crippen LogP contribution in [0.25, 0.3) is 0 Å². The second-order valence-electron chi connectivity index (χ2n) is 5.17. The molecule has 0 radical (unpaired) electrons. The number of anilines is 1. The second-order valence-corrected chi connectivity index (χ2v) is 5.17. The van der Waals surface area contributed by atoms with E-state index in [2.05, 4.69) is 55.1 Å². The van der Waals surface area contributed by atoms with Crippen LogP contribution < -0.4 is 10.6 Å². The molecule has 0 aliphatic rings. The van der Waals surface area contributed by atoms with E-state index in [4.69, 9.17) is 5.73 Å². The van der Waals surface area contributed by atoms with Gasteiger partial charge < -0.3 is 10.6 Å². The van der Waals surface area contributed by atoms with Gasteiger partial charge in [-0.1, -0.05) is 48.5 Å². The summed E-state index contributed by atoms with van der Waals surface area (Å²) < 4.78 is 0. The molecule has 0 aliphatic carbocycles. The zero-order valence-corrected chi connectivity index (χ0v) is 12.4. The van der Waals surface area contributed by atoms with Gasteiger partial charge in [-0.25, -0.2) is 0 Å². The number of nitrogens with zero attached hydrogens (tertiary/aromatic N) is 1. The van der Waals surface area contributed by atoms with Crippen LogP contribution in [0.3, 0.4) is 0 Å².